The highest BCUT2D eigenvalue weighted by molar-refractivity contribution is 6.30. The summed E-state index contributed by atoms with van der Waals surface area (Å²) in [6.07, 6.45) is 5.19. The van der Waals surface area contributed by atoms with Crippen LogP contribution >= 0.6 is 11.6 Å². The van der Waals surface area contributed by atoms with Crippen LogP contribution in [0.4, 0.5) is 5.69 Å². The molecule has 1 amide bonds. The molecule has 0 bridgehead atoms. The number of hydrogen-bond donors (Lipinski definition) is 2. The van der Waals surface area contributed by atoms with Crippen molar-refractivity contribution in [3.8, 4) is 0 Å². The molecule has 1 saturated heterocycles. The lowest BCUT2D eigenvalue weighted by atomic mass is 9.77. The quantitative estimate of drug-likeness (QED) is 0.606. The van der Waals surface area contributed by atoms with E-state index < -0.39 is 17.8 Å². The van der Waals surface area contributed by atoms with E-state index in [0.717, 1.165) is 55.6 Å². The van der Waals surface area contributed by atoms with Crippen molar-refractivity contribution >= 4 is 29.2 Å². The van der Waals surface area contributed by atoms with Crippen molar-refractivity contribution in [3.05, 3.63) is 64.2 Å². The molecule has 6 heteroatoms. The number of anilines is 1. The summed E-state index contributed by atoms with van der Waals surface area (Å²) in [5, 5.41) is 9.83. The zero-order valence-corrected chi connectivity index (χ0v) is 18.1. The molecule has 0 radical (unpaired) electrons. The number of nitrogens with zero attached hydrogens (tertiary/aromatic N) is 1. The fourth-order valence-corrected chi connectivity index (χ4v) is 4.67. The van der Waals surface area contributed by atoms with Crippen molar-refractivity contribution in [2.24, 2.45) is 5.73 Å². The molecule has 3 N–H and O–H groups in total. The van der Waals surface area contributed by atoms with Gasteiger partial charge in [0.15, 0.2) is 0 Å². The van der Waals surface area contributed by atoms with E-state index in [1.54, 1.807) is 12.1 Å². The molecule has 1 aliphatic heterocycles. The topological polar surface area (TPSA) is 83.6 Å². The summed E-state index contributed by atoms with van der Waals surface area (Å²) in [5.74, 6) is -2.11. The van der Waals surface area contributed by atoms with Crippen LogP contribution in [0, 0.1) is 0 Å². The van der Waals surface area contributed by atoms with E-state index in [9.17, 15) is 14.7 Å². The zero-order valence-electron chi connectivity index (χ0n) is 17.3. The third kappa shape index (κ3) is 4.96. The van der Waals surface area contributed by atoms with Gasteiger partial charge in [0, 0.05) is 29.7 Å². The molecule has 0 saturated carbocycles. The maximum absolute atomic E-state index is 12.6. The molecule has 2 unspecified atom stereocenters. The summed E-state index contributed by atoms with van der Waals surface area (Å²) in [6, 6.07) is 12.4. The third-order valence-electron chi connectivity index (χ3n) is 5.91. The number of carbonyl (C=O) groups excluding carboxylic acids is 1. The molecular weight excluding hydrogens is 400 g/mol. The summed E-state index contributed by atoms with van der Waals surface area (Å²) in [4.78, 5) is 26.2. The number of carboxylic acids is 1. The summed E-state index contributed by atoms with van der Waals surface area (Å²) < 4.78 is 0. The number of nitrogens with two attached hydrogens (primary N) is 1. The van der Waals surface area contributed by atoms with Crippen molar-refractivity contribution in [1.82, 2.24) is 0 Å². The monoisotopic (exact) mass is 428 g/mol. The number of benzene rings is 2. The molecule has 0 aromatic heterocycles. The van der Waals surface area contributed by atoms with E-state index >= 15 is 0 Å². The molecule has 160 valence electrons. The Balaban J connectivity index is 2.07. The van der Waals surface area contributed by atoms with Crippen LogP contribution in [0.25, 0.3) is 0 Å². The van der Waals surface area contributed by atoms with E-state index in [0.29, 0.717) is 5.02 Å². The maximum atomic E-state index is 12.6. The smallest absolute Gasteiger partial charge is 0.335 e. The van der Waals surface area contributed by atoms with Crippen LogP contribution in [0.15, 0.2) is 42.5 Å². The first-order chi connectivity index (χ1) is 14.4. The van der Waals surface area contributed by atoms with Crippen LogP contribution in [0.5, 0.6) is 0 Å². The average molecular weight is 429 g/mol. The van der Waals surface area contributed by atoms with Gasteiger partial charge < -0.3 is 15.7 Å². The van der Waals surface area contributed by atoms with Gasteiger partial charge in [-0.3, -0.25) is 4.79 Å². The highest BCUT2D eigenvalue weighted by atomic mass is 35.5. The third-order valence-corrected chi connectivity index (χ3v) is 6.15. The zero-order chi connectivity index (χ0) is 21.7. The first kappa shape index (κ1) is 22.2. The largest absolute Gasteiger partial charge is 0.478 e. The molecule has 30 heavy (non-hydrogen) atoms. The number of hydrogen-bond acceptors (Lipinski definition) is 3. The van der Waals surface area contributed by atoms with Gasteiger partial charge in [0.1, 0.15) is 0 Å². The molecule has 0 aliphatic carbocycles. The van der Waals surface area contributed by atoms with Crippen LogP contribution in [-0.4, -0.2) is 30.1 Å². The van der Waals surface area contributed by atoms with Crippen molar-refractivity contribution in [3.63, 3.8) is 0 Å². The number of carboxylic acid groups (broad SMARTS) is 1. The molecule has 1 heterocycles. The predicted octanol–water partition coefficient (Wildman–Crippen LogP) is 5.18. The number of rotatable bonds is 8. The number of piperidine rings is 1. The van der Waals surface area contributed by atoms with Gasteiger partial charge in [0.05, 0.1) is 11.5 Å². The van der Waals surface area contributed by atoms with E-state index in [-0.39, 0.29) is 11.5 Å². The minimum atomic E-state index is -0.996. The Morgan fingerprint density at radius 2 is 1.77 bits per heavy atom. The van der Waals surface area contributed by atoms with Gasteiger partial charge in [-0.1, -0.05) is 37.1 Å². The molecule has 2 atom stereocenters. The Kier molecular flexibility index (Phi) is 7.38. The predicted molar refractivity (Wildman–Crippen MR) is 121 cm³/mol. The van der Waals surface area contributed by atoms with E-state index in [4.69, 9.17) is 17.3 Å². The van der Waals surface area contributed by atoms with Gasteiger partial charge in [0.2, 0.25) is 5.91 Å². The molecule has 5 nitrogen and oxygen atoms in total. The van der Waals surface area contributed by atoms with Crippen LogP contribution in [0.2, 0.25) is 5.02 Å². The maximum Gasteiger partial charge on any atom is 0.335 e. The highest BCUT2D eigenvalue weighted by Gasteiger charge is 2.32. The fourth-order valence-electron chi connectivity index (χ4n) is 4.49. The van der Waals surface area contributed by atoms with Gasteiger partial charge in [-0.2, -0.15) is 0 Å². The molecule has 0 spiro atoms. The summed E-state index contributed by atoms with van der Waals surface area (Å²) >= 11 is 6.39. The van der Waals surface area contributed by atoms with E-state index in [2.05, 4.69) is 17.9 Å². The second-order valence-corrected chi connectivity index (χ2v) is 8.39. The first-order valence-electron chi connectivity index (χ1n) is 10.6. The second kappa shape index (κ2) is 9.98. The lowest BCUT2D eigenvalue weighted by molar-refractivity contribution is -0.120. The molecular formula is C24H29ClN2O3. The van der Waals surface area contributed by atoms with Crippen LogP contribution in [-0.2, 0) is 4.79 Å². The number of carbonyl (C=O) groups is 2. The number of aromatic carboxylic acids is 1. The van der Waals surface area contributed by atoms with Gasteiger partial charge in [-0.25, -0.2) is 4.79 Å². The van der Waals surface area contributed by atoms with Crippen molar-refractivity contribution < 1.29 is 14.7 Å². The van der Waals surface area contributed by atoms with Crippen LogP contribution in [0.3, 0.4) is 0 Å². The molecule has 1 aliphatic rings. The minimum absolute atomic E-state index is 0.140. The average Bonchev–Trinajstić information content (AvgIpc) is 2.74. The first-order valence-corrected chi connectivity index (χ1v) is 11.0. The van der Waals surface area contributed by atoms with Crippen molar-refractivity contribution in [2.75, 3.05) is 18.0 Å². The van der Waals surface area contributed by atoms with Crippen molar-refractivity contribution in [2.45, 2.75) is 50.9 Å². The molecule has 1 fully saturated rings. The SMILES string of the molecule is CCCC(c1cc(Cl)ccc1N1CCCCC1)C(C(N)=O)c1ccc(C(=O)O)cc1. The minimum Gasteiger partial charge on any atom is -0.478 e. The summed E-state index contributed by atoms with van der Waals surface area (Å²) in [6.45, 7) is 4.06. The number of halogens is 1. The van der Waals surface area contributed by atoms with Gasteiger partial charge >= 0.3 is 5.97 Å². The summed E-state index contributed by atoms with van der Waals surface area (Å²) in [5.41, 5.74) is 8.97. The lowest BCUT2D eigenvalue weighted by Crippen LogP contribution is -2.32. The number of amides is 1. The van der Waals surface area contributed by atoms with Crippen molar-refractivity contribution in [1.29, 1.82) is 0 Å². The van der Waals surface area contributed by atoms with Gasteiger partial charge in [-0.05, 0) is 67.1 Å². The Morgan fingerprint density at radius 1 is 1.10 bits per heavy atom. The molecule has 2 aromatic carbocycles. The van der Waals surface area contributed by atoms with E-state index in [1.165, 1.54) is 18.6 Å². The Labute approximate surface area is 182 Å². The highest BCUT2D eigenvalue weighted by Crippen LogP contribution is 2.42. The Hall–Kier alpha value is -2.53. The molecule has 3 rings (SSSR count). The van der Waals surface area contributed by atoms with E-state index in [1.807, 2.05) is 12.1 Å². The molecule has 2 aromatic rings. The van der Waals surface area contributed by atoms with Gasteiger partial charge in [0.25, 0.3) is 0 Å². The second-order valence-electron chi connectivity index (χ2n) is 7.95. The lowest BCUT2D eigenvalue weighted by Gasteiger charge is -2.34. The van der Waals surface area contributed by atoms with Crippen LogP contribution < -0.4 is 10.6 Å². The normalized spacial score (nSPS) is 16.1. The Bertz CT molecular complexity index is 892. The summed E-state index contributed by atoms with van der Waals surface area (Å²) in [7, 11) is 0. The number of primary amides is 1. The standard InChI is InChI=1S/C24H29ClN2O3/c1-2-6-19(22(23(26)28)16-7-9-17(10-8-16)24(29)30)20-15-18(25)11-12-21(20)27-13-4-3-5-14-27/h7-12,15,19,22H,2-6,13-14H2,1H3,(H2,26,28)(H,29,30). The van der Waals surface area contributed by atoms with Crippen LogP contribution in [0.1, 0.15) is 72.3 Å². The Morgan fingerprint density at radius 3 is 2.33 bits per heavy atom. The van der Waals surface area contributed by atoms with Gasteiger partial charge in [-0.15, -0.1) is 0 Å². The fraction of sp³-hybridized carbons (Fsp3) is 0.417.